The highest BCUT2D eigenvalue weighted by Gasteiger charge is 2.29. The fraction of sp³-hybridized carbons (Fsp3) is 0.133. The minimum atomic E-state index is -1.12. The van der Waals surface area contributed by atoms with Crippen LogP contribution in [0.25, 0.3) is 0 Å². The molecule has 0 radical (unpaired) electrons. The van der Waals surface area contributed by atoms with E-state index in [0.29, 0.717) is 5.75 Å². The van der Waals surface area contributed by atoms with Crippen molar-refractivity contribution >= 4 is 29.5 Å². The lowest BCUT2D eigenvalue weighted by Gasteiger charge is -2.11. The van der Waals surface area contributed by atoms with Gasteiger partial charge in [0.2, 0.25) is 5.91 Å². The average Bonchev–Trinajstić information content (AvgIpc) is 2.91. The van der Waals surface area contributed by atoms with Gasteiger partial charge in [-0.2, -0.15) is 0 Å². The van der Waals surface area contributed by atoms with Gasteiger partial charge in [-0.15, -0.1) is 11.8 Å². The van der Waals surface area contributed by atoms with Crippen molar-refractivity contribution in [3.63, 3.8) is 0 Å². The molecule has 6 heteroatoms. The quantitative estimate of drug-likeness (QED) is 0.911. The number of aromatic carboxylic acids is 1. The van der Waals surface area contributed by atoms with Gasteiger partial charge in [-0.25, -0.2) is 9.78 Å². The van der Waals surface area contributed by atoms with Crippen LogP contribution in [-0.4, -0.2) is 27.7 Å². The van der Waals surface area contributed by atoms with Gasteiger partial charge in [0.1, 0.15) is 5.82 Å². The zero-order chi connectivity index (χ0) is 14.8. The number of fused-ring (bicyclic) bond motifs is 1. The van der Waals surface area contributed by atoms with Crippen molar-refractivity contribution in [2.24, 2.45) is 0 Å². The third kappa shape index (κ3) is 2.75. The van der Waals surface area contributed by atoms with Crippen LogP contribution in [0.5, 0.6) is 0 Å². The van der Waals surface area contributed by atoms with Crippen molar-refractivity contribution < 1.29 is 14.7 Å². The minimum Gasteiger partial charge on any atom is -0.477 e. The third-order valence-corrected chi connectivity index (χ3v) is 4.42. The number of nitrogens with zero attached hydrogens (tertiary/aromatic N) is 1. The molecule has 1 unspecified atom stereocenters. The zero-order valence-corrected chi connectivity index (χ0v) is 11.8. The lowest BCUT2D eigenvalue weighted by Crippen LogP contribution is -2.22. The van der Waals surface area contributed by atoms with E-state index < -0.39 is 5.97 Å². The number of thioether (sulfide) groups is 1. The number of aromatic nitrogens is 1. The van der Waals surface area contributed by atoms with Crippen LogP contribution in [0.15, 0.2) is 47.4 Å². The maximum atomic E-state index is 12.3. The Morgan fingerprint density at radius 1 is 1.19 bits per heavy atom. The summed E-state index contributed by atoms with van der Waals surface area (Å²) in [5, 5.41) is 11.6. The molecule has 0 aliphatic carbocycles. The second-order valence-electron chi connectivity index (χ2n) is 4.60. The smallest absolute Gasteiger partial charge is 0.354 e. The average molecular weight is 300 g/mol. The zero-order valence-electron chi connectivity index (χ0n) is 10.9. The summed E-state index contributed by atoms with van der Waals surface area (Å²) in [6.45, 7) is 0. The van der Waals surface area contributed by atoms with Gasteiger partial charge in [-0.3, -0.25) is 4.79 Å². The first-order chi connectivity index (χ1) is 10.1. The van der Waals surface area contributed by atoms with Gasteiger partial charge < -0.3 is 10.4 Å². The molecule has 0 spiro atoms. The summed E-state index contributed by atoms with van der Waals surface area (Å²) in [7, 11) is 0. The number of benzene rings is 1. The van der Waals surface area contributed by atoms with E-state index in [9.17, 15) is 9.59 Å². The lowest BCUT2D eigenvalue weighted by atomic mass is 10.0. The molecule has 2 aromatic rings. The predicted octanol–water partition coefficient (Wildman–Crippen LogP) is 2.61. The summed E-state index contributed by atoms with van der Waals surface area (Å²) in [4.78, 5) is 28.2. The summed E-state index contributed by atoms with van der Waals surface area (Å²) < 4.78 is 0. The molecule has 0 bridgehead atoms. The van der Waals surface area contributed by atoms with Gasteiger partial charge in [-0.1, -0.05) is 24.3 Å². The van der Waals surface area contributed by atoms with E-state index >= 15 is 0 Å². The number of pyridine rings is 1. The molecule has 3 rings (SSSR count). The standard InChI is InChI=1S/C15H12N2O3S/c18-14(10-8-21-12-6-2-1-4-9(10)12)17-13-7-3-5-11(16-13)15(19)20/h1-7,10H,8H2,(H,19,20)(H,16,17,18). The fourth-order valence-electron chi connectivity index (χ4n) is 2.22. The Morgan fingerprint density at radius 3 is 2.81 bits per heavy atom. The summed E-state index contributed by atoms with van der Waals surface area (Å²) >= 11 is 1.65. The van der Waals surface area contributed by atoms with Crippen LogP contribution in [0.4, 0.5) is 5.82 Å². The molecule has 1 aliphatic heterocycles. The normalized spacial score (nSPS) is 16.3. The molecule has 1 atom stereocenters. The number of rotatable bonds is 3. The highest BCUT2D eigenvalue weighted by Crippen LogP contribution is 2.39. The van der Waals surface area contributed by atoms with Crippen molar-refractivity contribution in [2.75, 3.05) is 11.1 Å². The maximum Gasteiger partial charge on any atom is 0.354 e. The SMILES string of the molecule is O=C(O)c1cccc(NC(=O)C2CSc3ccccc32)n1. The van der Waals surface area contributed by atoms with Crippen LogP contribution in [0, 0.1) is 0 Å². The fourth-order valence-corrected chi connectivity index (χ4v) is 3.45. The number of carbonyl (C=O) groups is 2. The van der Waals surface area contributed by atoms with Crippen LogP contribution < -0.4 is 5.32 Å². The monoisotopic (exact) mass is 300 g/mol. The van der Waals surface area contributed by atoms with Gasteiger partial charge in [0.05, 0.1) is 5.92 Å². The molecule has 106 valence electrons. The number of anilines is 1. The Hall–Kier alpha value is -2.34. The van der Waals surface area contributed by atoms with Crippen molar-refractivity contribution in [1.29, 1.82) is 0 Å². The molecule has 1 amide bonds. The minimum absolute atomic E-state index is 0.0889. The van der Waals surface area contributed by atoms with Gasteiger partial charge in [0, 0.05) is 10.6 Å². The van der Waals surface area contributed by atoms with E-state index in [1.807, 2.05) is 24.3 Å². The third-order valence-electron chi connectivity index (χ3n) is 3.24. The Bertz CT molecular complexity index is 718. The van der Waals surface area contributed by atoms with Crippen LogP contribution >= 0.6 is 11.8 Å². The molecule has 0 saturated heterocycles. The topological polar surface area (TPSA) is 79.3 Å². The van der Waals surface area contributed by atoms with Crippen molar-refractivity contribution in [2.45, 2.75) is 10.8 Å². The van der Waals surface area contributed by atoms with Gasteiger partial charge in [-0.05, 0) is 23.8 Å². The van der Waals surface area contributed by atoms with E-state index in [-0.39, 0.29) is 23.3 Å². The van der Waals surface area contributed by atoms with Crippen LogP contribution in [-0.2, 0) is 4.79 Å². The Balaban J connectivity index is 1.79. The van der Waals surface area contributed by atoms with Crippen molar-refractivity contribution in [1.82, 2.24) is 4.98 Å². The Kier molecular flexibility index (Phi) is 3.62. The van der Waals surface area contributed by atoms with Crippen molar-refractivity contribution in [3.8, 4) is 0 Å². The van der Waals surface area contributed by atoms with Gasteiger partial charge in [0.25, 0.3) is 0 Å². The first kappa shape index (κ1) is 13.6. The number of amides is 1. The van der Waals surface area contributed by atoms with E-state index in [0.717, 1.165) is 10.5 Å². The Morgan fingerprint density at radius 2 is 2.00 bits per heavy atom. The largest absolute Gasteiger partial charge is 0.477 e. The number of carboxylic acids is 1. The van der Waals surface area contributed by atoms with E-state index in [1.54, 1.807) is 23.9 Å². The number of nitrogens with one attached hydrogen (secondary N) is 1. The van der Waals surface area contributed by atoms with Gasteiger partial charge >= 0.3 is 5.97 Å². The van der Waals surface area contributed by atoms with Crippen LogP contribution in [0.2, 0.25) is 0 Å². The molecule has 21 heavy (non-hydrogen) atoms. The highest BCUT2D eigenvalue weighted by atomic mass is 32.2. The van der Waals surface area contributed by atoms with Gasteiger partial charge in [0.15, 0.2) is 5.69 Å². The highest BCUT2D eigenvalue weighted by molar-refractivity contribution is 7.99. The van der Waals surface area contributed by atoms with Crippen molar-refractivity contribution in [3.05, 3.63) is 53.7 Å². The molecule has 1 aromatic carbocycles. The summed E-state index contributed by atoms with van der Waals surface area (Å²) in [5.41, 5.74) is 0.920. The number of carboxylic acid groups (broad SMARTS) is 1. The van der Waals surface area contributed by atoms with E-state index in [2.05, 4.69) is 10.3 Å². The van der Waals surface area contributed by atoms with E-state index in [1.165, 1.54) is 6.07 Å². The first-order valence-electron chi connectivity index (χ1n) is 6.38. The lowest BCUT2D eigenvalue weighted by molar-refractivity contribution is -0.117. The first-order valence-corrected chi connectivity index (χ1v) is 7.36. The molecule has 5 nitrogen and oxygen atoms in total. The molecule has 1 aromatic heterocycles. The molecular weight excluding hydrogens is 288 g/mol. The molecular formula is C15H12N2O3S. The second-order valence-corrected chi connectivity index (χ2v) is 5.67. The molecule has 1 aliphatic rings. The summed E-state index contributed by atoms with van der Waals surface area (Å²) in [5.74, 6) is -0.574. The number of hydrogen-bond donors (Lipinski definition) is 2. The van der Waals surface area contributed by atoms with Crippen LogP contribution in [0.1, 0.15) is 22.0 Å². The van der Waals surface area contributed by atoms with E-state index in [4.69, 9.17) is 5.11 Å². The molecule has 2 N–H and O–H groups in total. The predicted molar refractivity (Wildman–Crippen MR) is 79.7 cm³/mol. The molecule has 2 heterocycles. The summed E-state index contributed by atoms with van der Waals surface area (Å²) in [6.07, 6.45) is 0. The molecule has 0 fully saturated rings. The summed E-state index contributed by atoms with van der Waals surface area (Å²) in [6, 6.07) is 12.3. The number of carbonyl (C=O) groups excluding carboxylic acids is 1. The second kappa shape index (κ2) is 5.57. The Labute approximate surface area is 125 Å². The van der Waals surface area contributed by atoms with Crippen LogP contribution in [0.3, 0.4) is 0 Å². The molecule has 0 saturated carbocycles. The maximum absolute atomic E-state index is 12.3. The number of hydrogen-bond acceptors (Lipinski definition) is 4.